The zero-order valence-electron chi connectivity index (χ0n) is 12.3. The van der Waals surface area contributed by atoms with Crippen molar-refractivity contribution >= 4 is 0 Å². The Hall–Kier alpha value is -2.07. The number of rotatable bonds is 6. The third kappa shape index (κ3) is 3.52. The van der Waals surface area contributed by atoms with Crippen molar-refractivity contribution in [2.75, 3.05) is 13.7 Å². The van der Waals surface area contributed by atoms with Crippen molar-refractivity contribution in [3.8, 4) is 11.5 Å². The Labute approximate surface area is 124 Å². The molecule has 112 valence electrons. The summed E-state index contributed by atoms with van der Waals surface area (Å²) in [5.74, 6) is 0.785. The Morgan fingerprint density at radius 1 is 1.14 bits per heavy atom. The number of para-hydroxylation sites is 1. The molecule has 0 bridgehead atoms. The van der Waals surface area contributed by atoms with Crippen LogP contribution in [-0.4, -0.2) is 13.7 Å². The van der Waals surface area contributed by atoms with Gasteiger partial charge in [-0.15, -0.1) is 0 Å². The van der Waals surface area contributed by atoms with Crippen LogP contribution < -0.4 is 15.2 Å². The Kier molecular flexibility index (Phi) is 5.17. The Morgan fingerprint density at radius 2 is 1.90 bits per heavy atom. The Morgan fingerprint density at radius 3 is 2.57 bits per heavy atom. The molecule has 0 saturated carbocycles. The van der Waals surface area contributed by atoms with Gasteiger partial charge in [0.15, 0.2) is 0 Å². The van der Waals surface area contributed by atoms with E-state index in [2.05, 4.69) is 0 Å². The molecule has 21 heavy (non-hydrogen) atoms. The van der Waals surface area contributed by atoms with Gasteiger partial charge in [0, 0.05) is 17.2 Å². The van der Waals surface area contributed by atoms with Crippen LogP contribution in [0.1, 0.15) is 30.5 Å². The van der Waals surface area contributed by atoms with Gasteiger partial charge in [-0.05, 0) is 18.6 Å². The van der Waals surface area contributed by atoms with Crippen LogP contribution in [0.4, 0.5) is 4.39 Å². The number of halogens is 1. The number of methoxy groups -OCH3 is 1. The molecule has 0 aromatic heterocycles. The van der Waals surface area contributed by atoms with Crippen molar-refractivity contribution in [3.63, 3.8) is 0 Å². The summed E-state index contributed by atoms with van der Waals surface area (Å²) >= 11 is 0. The normalized spacial score (nSPS) is 12.0. The third-order valence-corrected chi connectivity index (χ3v) is 3.26. The van der Waals surface area contributed by atoms with Gasteiger partial charge in [0.05, 0.1) is 19.8 Å². The van der Waals surface area contributed by atoms with Crippen molar-refractivity contribution in [2.24, 2.45) is 5.73 Å². The van der Waals surface area contributed by atoms with E-state index in [-0.39, 0.29) is 5.82 Å². The summed E-state index contributed by atoms with van der Waals surface area (Å²) in [6, 6.07) is 11.6. The molecule has 1 unspecified atom stereocenters. The van der Waals surface area contributed by atoms with Gasteiger partial charge in [0.25, 0.3) is 0 Å². The first kappa shape index (κ1) is 15.3. The van der Waals surface area contributed by atoms with E-state index in [0.717, 1.165) is 12.0 Å². The molecule has 0 aliphatic rings. The first-order valence-corrected chi connectivity index (χ1v) is 6.98. The molecule has 1 atom stereocenters. The smallest absolute Gasteiger partial charge is 0.132 e. The highest BCUT2D eigenvalue weighted by molar-refractivity contribution is 5.43. The van der Waals surface area contributed by atoms with Crippen molar-refractivity contribution in [2.45, 2.75) is 19.4 Å². The van der Waals surface area contributed by atoms with Crippen molar-refractivity contribution < 1.29 is 13.9 Å². The van der Waals surface area contributed by atoms with E-state index in [1.807, 2.05) is 31.2 Å². The summed E-state index contributed by atoms with van der Waals surface area (Å²) in [5, 5.41) is 0. The number of nitrogens with two attached hydrogens (primary N) is 1. The van der Waals surface area contributed by atoms with Crippen LogP contribution in [0.5, 0.6) is 11.5 Å². The Bertz CT molecular complexity index is 601. The fourth-order valence-electron chi connectivity index (χ4n) is 2.14. The number of benzene rings is 2. The van der Waals surface area contributed by atoms with Gasteiger partial charge in [-0.25, -0.2) is 4.39 Å². The second-order valence-corrected chi connectivity index (χ2v) is 4.75. The molecule has 0 aliphatic carbocycles. The van der Waals surface area contributed by atoms with E-state index >= 15 is 0 Å². The first-order valence-electron chi connectivity index (χ1n) is 6.98. The SMILES string of the molecule is CCCOc1ccccc1C(N)c1ccc(OC)cc1F. The first-order chi connectivity index (χ1) is 10.2. The van der Waals surface area contributed by atoms with Crippen LogP contribution >= 0.6 is 0 Å². The average Bonchev–Trinajstić information content (AvgIpc) is 2.52. The maximum absolute atomic E-state index is 14.2. The highest BCUT2D eigenvalue weighted by atomic mass is 19.1. The van der Waals surface area contributed by atoms with Gasteiger partial charge in [0.1, 0.15) is 17.3 Å². The van der Waals surface area contributed by atoms with Crippen LogP contribution in [0.3, 0.4) is 0 Å². The van der Waals surface area contributed by atoms with Gasteiger partial charge in [-0.2, -0.15) is 0 Å². The van der Waals surface area contributed by atoms with E-state index in [0.29, 0.717) is 23.7 Å². The molecule has 4 heteroatoms. The maximum Gasteiger partial charge on any atom is 0.132 e. The lowest BCUT2D eigenvalue weighted by Gasteiger charge is -2.18. The highest BCUT2D eigenvalue weighted by Gasteiger charge is 2.17. The highest BCUT2D eigenvalue weighted by Crippen LogP contribution is 2.31. The lowest BCUT2D eigenvalue weighted by molar-refractivity contribution is 0.313. The van der Waals surface area contributed by atoms with Gasteiger partial charge >= 0.3 is 0 Å². The summed E-state index contributed by atoms with van der Waals surface area (Å²) < 4.78 is 24.8. The van der Waals surface area contributed by atoms with E-state index in [1.165, 1.54) is 13.2 Å². The fraction of sp³-hybridized carbons (Fsp3) is 0.294. The molecule has 2 aromatic carbocycles. The Balaban J connectivity index is 2.33. The van der Waals surface area contributed by atoms with Crippen molar-refractivity contribution in [1.82, 2.24) is 0 Å². The van der Waals surface area contributed by atoms with Crippen LogP contribution in [-0.2, 0) is 0 Å². The topological polar surface area (TPSA) is 44.5 Å². The summed E-state index contributed by atoms with van der Waals surface area (Å²) in [4.78, 5) is 0. The number of ether oxygens (including phenoxy) is 2. The summed E-state index contributed by atoms with van der Waals surface area (Å²) in [6.07, 6.45) is 0.903. The molecular formula is C17H20FNO2. The lowest BCUT2D eigenvalue weighted by atomic mass is 9.98. The molecule has 0 heterocycles. The number of hydrogen-bond donors (Lipinski definition) is 1. The fourth-order valence-corrected chi connectivity index (χ4v) is 2.14. The summed E-state index contributed by atoms with van der Waals surface area (Å²) in [7, 11) is 1.50. The zero-order chi connectivity index (χ0) is 15.2. The molecule has 0 spiro atoms. The average molecular weight is 289 g/mol. The minimum absolute atomic E-state index is 0.382. The van der Waals surface area contributed by atoms with Crippen LogP contribution in [0.15, 0.2) is 42.5 Å². The third-order valence-electron chi connectivity index (χ3n) is 3.26. The minimum Gasteiger partial charge on any atom is -0.497 e. The molecule has 0 fully saturated rings. The van der Waals surface area contributed by atoms with Gasteiger partial charge < -0.3 is 15.2 Å². The molecule has 2 rings (SSSR count). The molecular weight excluding hydrogens is 269 g/mol. The zero-order valence-corrected chi connectivity index (χ0v) is 12.3. The van der Waals surface area contributed by atoms with Gasteiger partial charge in [-0.3, -0.25) is 0 Å². The predicted octanol–water partition coefficient (Wildman–Crippen LogP) is 3.67. The largest absolute Gasteiger partial charge is 0.497 e. The molecule has 2 N–H and O–H groups in total. The molecule has 0 saturated heterocycles. The maximum atomic E-state index is 14.2. The second-order valence-electron chi connectivity index (χ2n) is 4.75. The molecule has 2 aromatic rings. The van der Waals surface area contributed by atoms with Crippen molar-refractivity contribution in [1.29, 1.82) is 0 Å². The van der Waals surface area contributed by atoms with Crippen LogP contribution in [0.25, 0.3) is 0 Å². The second kappa shape index (κ2) is 7.09. The van der Waals surface area contributed by atoms with Gasteiger partial charge in [-0.1, -0.05) is 31.2 Å². The molecule has 3 nitrogen and oxygen atoms in total. The molecule has 0 radical (unpaired) electrons. The predicted molar refractivity (Wildman–Crippen MR) is 81.2 cm³/mol. The van der Waals surface area contributed by atoms with Crippen LogP contribution in [0, 0.1) is 5.82 Å². The summed E-state index contributed by atoms with van der Waals surface area (Å²) in [6.45, 7) is 2.64. The van der Waals surface area contributed by atoms with E-state index in [1.54, 1.807) is 12.1 Å². The van der Waals surface area contributed by atoms with Gasteiger partial charge in [0.2, 0.25) is 0 Å². The van der Waals surface area contributed by atoms with Crippen molar-refractivity contribution in [3.05, 3.63) is 59.4 Å². The van der Waals surface area contributed by atoms with E-state index in [9.17, 15) is 4.39 Å². The summed E-state index contributed by atoms with van der Waals surface area (Å²) in [5.41, 5.74) is 7.41. The molecule has 0 aliphatic heterocycles. The minimum atomic E-state index is -0.580. The van der Waals surface area contributed by atoms with E-state index < -0.39 is 6.04 Å². The monoisotopic (exact) mass is 289 g/mol. The van der Waals surface area contributed by atoms with Crippen LogP contribution in [0.2, 0.25) is 0 Å². The standard InChI is InChI=1S/C17H20FNO2/c1-3-10-21-16-7-5-4-6-14(16)17(19)13-9-8-12(20-2)11-15(13)18/h4-9,11,17H,3,10,19H2,1-2H3. The van der Waals surface area contributed by atoms with E-state index in [4.69, 9.17) is 15.2 Å². The lowest BCUT2D eigenvalue weighted by Crippen LogP contribution is -2.15. The molecule has 0 amide bonds. The number of hydrogen-bond acceptors (Lipinski definition) is 3. The quantitative estimate of drug-likeness (QED) is 0.882.